The van der Waals surface area contributed by atoms with Gasteiger partial charge < -0.3 is 15.7 Å². The number of aromatic nitrogens is 4. The molecule has 0 saturated carbocycles. The Kier molecular flexibility index (Phi) is 7.94. The van der Waals surface area contributed by atoms with E-state index in [4.69, 9.17) is 5.73 Å². The first-order valence-electron chi connectivity index (χ1n) is 13.6. The average Bonchev–Trinajstić information content (AvgIpc) is 3.58. The Morgan fingerprint density at radius 1 is 1.12 bits per heavy atom. The van der Waals surface area contributed by atoms with Crippen molar-refractivity contribution in [1.29, 1.82) is 0 Å². The Bertz CT molecular complexity index is 1800. The molecule has 0 spiro atoms. The van der Waals surface area contributed by atoms with Gasteiger partial charge in [-0.1, -0.05) is 30.2 Å². The Morgan fingerprint density at radius 2 is 1.86 bits per heavy atom. The first-order valence-corrected chi connectivity index (χ1v) is 13.6. The molecule has 2 aromatic heterocycles. The van der Waals surface area contributed by atoms with Gasteiger partial charge in [0, 0.05) is 30.6 Å². The van der Waals surface area contributed by atoms with Crippen LogP contribution in [0.15, 0.2) is 42.7 Å². The number of rotatable bonds is 5. The first kappa shape index (κ1) is 29.7. The molecule has 3 N–H and O–H groups in total. The van der Waals surface area contributed by atoms with Crippen molar-refractivity contribution in [2.24, 2.45) is 0 Å². The number of likely N-dealkylation sites (tertiary alicyclic amines) is 1. The fourth-order valence-corrected chi connectivity index (χ4v) is 5.17. The second kappa shape index (κ2) is 11.5. The van der Waals surface area contributed by atoms with Crippen LogP contribution >= 0.6 is 0 Å². The summed E-state index contributed by atoms with van der Waals surface area (Å²) in [6.45, 7) is 5.44. The molecule has 2 aromatic carbocycles. The number of aliphatic hydroxyl groups excluding tert-OH is 1. The molecule has 12 heteroatoms. The molecule has 0 radical (unpaired) electrons. The van der Waals surface area contributed by atoms with Crippen molar-refractivity contribution in [2.45, 2.75) is 51.9 Å². The highest BCUT2D eigenvalue weighted by Crippen LogP contribution is 2.33. The van der Waals surface area contributed by atoms with Crippen LogP contribution in [0.1, 0.15) is 63.3 Å². The molecule has 1 amide bonds. The van der Waals surface area contributed by atoms with Crippen LogP contribution < -0.4 is 5.73 Å². The van der Waals surface area contributed by atoms with Gasteiger partial charge in [-0.2, -0.15) is 18.3 Å². The number of alkyl halides is 3. The van der Waals surface area contributed by atoms with Crippen LogP contribution in [-0.4, -0.2) is 60.6 Å². The number of Topliss-reactive ketones (excluding diaryl/α,β-unsaturated/α-hetero) is 1. The van der Waals surface area contributed by atoms with E-state index >= 15 is 0 Å². The largest absolute Gasteiger partial charge is 0.416 e. The lowest BCUT2D eigenvalue weighted by Gasteiger charge is -2.18. The van der Waals surface area contributed by atoms with Crippen molar-refractivity contribution in [3.05, 3.63) is 81.8 Å². The Morgan fingerprint density at radius 3 is 2.58 bits per heavy atom. The number of carbonyl (C=O) groups is 2. The maximum Gasteiger partial charge on any atom is 0.416 e. The number of anilines is 1. The molecule has 43 heavy (non-hydrogen) atoms. The minimum atomic E-state index is -4.55. The molecular formula is C31H29F3N6O3. The number of hydrogen-bond donors (Lipinski definition) is 2. The van der Waals surface area contributed by atoms with Crippen LogP contribution in [0.5, 0.6) is 0 Å². The van der Waals surface area contributed by atoms with E-state index in [1.165, 1.54) is 32.3 Å². The Hall–Kier alpha value is -4.76. The van der Waals surface area contributed by atoms with Crippen molar-refractivity contribution in [3.63, 3.8) is 0 Å². The molecule has 0 unspecified atom stereocenters. The molecule has 1 saturated heterocycles. The second-order valence-electron chi connectivity index (χ2n) is 10.7. The van der Waals surface area contributed by atoms with Gasteiger partial charge in [-0.15, -0.1) is 0 Å². The molecule has 222 valence electrons. The van der Waals surface area contributed by atoms with E-state index in [2.05, 4.69) is 26.9 Å². The van der Waals surface area contributed by atoms with Crippen LogP contribution in [0, 0.1) is 25.7 Å². The lowest BCUT2D eigenvalue weighted by Crippen LogP contribution is -2.36. The zero-order valence-electron chi connectivity index (χ0n) is 23.7. The van der Waals surface area contributed by atoms with Crippen molar-refractivity contribution >= 4 is 28.5 Å². The number of carbonyl (C=O) groups excluding carboxylic acids is 2. The third kappa shape index (κ3) is 6.08. The number of amides is 1. The third-order valence-corrected chi connectivity index (χ3v) is 7.54. The van der Waals surface area contributed by atoms with Gasteiger partial charge in [0.2, 0.25) is 0 Å². The van der Waals surface area contributed by atoms with Gasteiger partial charge in [-0.25, -0.2) is 14.6 Å². The number of hydrogen-bond acceptors (Lipinski definition) is 7. The smallest absolute Gasteiger partial charge is 0.384 e. The zero-order valence-corrected chi connectivity index (χ0v) is 23.7. The predicted octanol–water partition coefficient (Wildman–Crippen LogP) is 4.02. The Balaban J connectivity index is 1.43. The lowest BCUT2D eigenvalue weighted by molar-refractivity contribution is -0.138. The highest BCUT2D eigenvalue weighted by atomic mass is 19.4. The van der Waals surface area contributed by atoms with Crippen molar-refractivity contribution in [1.82, 2.24) is 24.6 Å². The first-order chi connectivity index (χ1) is 20.3. The highest BCUT2D eigenvalue weighted by molar-refractivity contribution is 5.98. The fourth-order valence-electron chi connectivity index (χ4n) is 5.17. The molecule has 3 heterocycles. The SMILES string of the molecule is Cc1ccc(CC(=O)c2ccc(C)c(C(F)(F)F)c2)cc1C#Cc1nn([C@@H]2CCN(C(=O)[C@@H](C)O)C2)c2ncnc(N)c12. The second-order valence-corrected chi connectivity index (χ2v) is 10.7. The molecule has 1 aliphatic rings. The average molecular weight is 591 g/mol. The molecule has 1 fully saturated rings. The zero-order chi connectivity index (χ0) is 31.1. The summed E-state index contributed by atoms with van der Waals surface area (Å²) in [7, 11) is 0. The molecule has 9 nitrogen and oxygen atoms in total. The van der Waals surface area contributed by atoms with Crippen molar-refractivity contribution in [2.75, 3.05) is 18.8 Å². The predicted molar refractivity (Wildman–Crippen MR) is 153 cm³/mol. The minimum absolute atomic E-state index is 0.0146. The van der Waals surface area contributed by atoms with Crippen LogP contribution in [0.4, 0.5) is 19.0 Å². The molecule has 2 atom stereocenters. The van der Waals surface area contributed by atoms with Gasteiger partial charge in [-0.3, -0.25) is 9.59 Å². The molecule has 0 bridgehead atoms. The maximum atomic E-state index is 13.4. The van der Waals surface area contributed by atoms with Crippen LogP contribution in [0.2, 0.25) is 0 Å². The minimum Gasteiger partial charge on any atom is -0.384 e. The van der Waals surface area contributed by atoms with Crippen LogP contribution in [0.3, 0.4) is 0 Å². The number of aryl methyl sites for hydroxylation is 2. The van der Waals surface area contributed by atoms with Crippen molar-refractivity contribution < 1.29 is 27.9 Å². The van der Waals surface area contributed by atoms with Crippen LogP contribution in [-0.2, 0) is 17.4 Å². The van der Waals surface area contributed by atoms with Gasteiger partial charge in [0.15, 0.2) is 11.4 Å². The molecular weight excluding hydrogens is 561 g/mol. The molecule has 4 aromatic rings. The Labute approximate surface area is 245 Å². The molecule has 1 aliphatic heterocycles. The number of aliphatic hydroxyl groups is 1. The summed E-state index contributed by atoms with van der Waals surface area (Å²) < 4.78 is 41.8. The van der Waals surface area contributed by atoms with E-state index < -0.39 is 23.6 Å². The maximum absolute atomic E-state index is 13.4. The third-order valence-electron chi connectivity index (χ3n) is 7.54. The van der Waals surface area contributed by atoms with E-state index in [1.807, 2.05) is 6.92 Å². The number of ketones is 1. The number of nitrogens with zero attached hydrogens (tertiary/aromatic N) is 5. The van der Waals surface area contributed by atoms with Gasteiger partial charge in [-0.05, 0) is 61.9 Å². The number of halogens is 3. The summed E-state index contributed by atoms with van der Waals surface area (Å²) in [5, 5.41) is 14.8. The highest BCUT2D eigenvalue weighted by Gasteiger charge is 2.33. The summed E-state index contributed by atoms with van der Waals surface area (Å²) in [6.07, 6.45) is -3.82. The van der Waals surface area contributed by atoms with Crippen molar-refractivity contribution in [3.8, 4) is 11.8 Å². The summed E-state index contributed by atoms with van der Waals surface area (Å²) in [5.74, 6) is 5.54. The summed E-state index contributed by atoms with van der Waals surface area (Å²) in [4.78, 5) is 35.2. The summed E-state index contributed by atoms with van der Waals surface area (Å²) >= 11 is 0. The topological polar surface area (TPSA) is 127 Å². The van der Waals surface area contributed by atoms with E-state index in [9.17, 15) is 27.9 Å². The van der Waals surface area contributed by atoms with E-state index in [1.54, 1.807) is 27.8 Å². The van der Waals surface area contributed by atoms with Gasteiger partial charge >= 0.3 is 6.18 Å². The quantitative estimate of drug-likeness (QED) is 0.266. The van der Waals surface area contributed by atoms with Crippen LogP contribution in [0.25, 0.3) is 11.0 Å². The standard InChI is InChI=1S/C31H29F3N6O3/c1-17-4-6-20(13-26(42)22-7-5-18(2)24(14-22)31(32,33)34)12-21(17)8-9-25-27-28(35)36-16-37-29(27)40(38-25)23-10-11-39(15-23)30(43)19(3)41/h4-7,12,14,16,19,23,41H,10-11,13,15H2,1-3H3,(H2,35,36,37)/t19-,23-/m1/s1. The monoisotopic (exact) mass is 590 g/mol. The lowest BCUT2D eigenvalue weighted by atomic mass is 9.96. The summed E-state index contributed by atoms with van der Waals surface area (Å²) in [5.41, 5.74) is 8.24. The number of fused-ring (bicyclic) bond motifs is 1. The fraction of sp³-hybridized carbons (Fsp3) is 0.323. The number of nitrogen functional groups attached to an aromatic ring is 1. The van der Waals surface area contributed by atoms with E-state index in [0.29, 0.717) is 47.4 Å². The normalized spacial score (nSPS) is 15.8. The molecule has 5 rings (SSSR count). The van der Waals surface area contributed by atoms with Gasteiger partial charge in [0.1, 0.15) is 23.9 Å². The van der Waals surface area contributed by atoms with Gasteiger partial charge in [0.05, 0.1) is 17.0 Å². The number of benzene rings is 2. The van der Waals surface area contributed by atoms with Gasteiger partial charge in [0.25, 0.3) is 5.91 Å². The van der Waals surface area contributed by atoms with E-state index in [-0.39, 0.29) is 35.3 Å². The molecule has 0 aliphatic carbocycles. The number of nitrogens with two attached hydrogens (primary N) is 1. The summed E-state index contributed by atoms with van der Waals surface area (Å²) in [6, 6.07) is 8.66. The van der Waals surface area contributed by atoms with E-state index in [0.717, 1.165) is 11.6 Å².